The fraction of sp³-hybridized carbons (Fsp3) is 0.269. The zero-order valence-electron chi connectivity index (χ0n) is 19.3. The molecule has 0 atom stereocenters. The number of fused-ring (bicyclic) bond motifs is 1. The Kier molecular flexibility index (Phi) is 5.79. The van der Waals surface area contributed by atoms with Crippen LogP contribution in [0.5, 0.6) is 0 Å². The summed E-state index contributed by atoms with van der Waals surface area (Å²) in [6.07, 6.45) is 3.81. The quantitative estimate of drug-likeness (QED) is 0.463. The summed E-state index contributed by atoms with van der Waals surface area (Å²) in [6, 6.07) is 16.2. The Morgan fingerprint density at radius 2 is 1.85 bits per heavy atom. The Bertz CT molecular complexity index is 1470. The number of benzene rings is 2. The van der Waals surface area contributed by atoms with E-state index in [-0.39, 0.29) is 17.9 Å². The van der Waals surface area contributed by atoms with E-state index in [9.17, 15) is 9.59 Å². The number of carbonyl (C=O) groups excluding carboxylic acids is 1. The fourth-order valence-electron chi connectivity index (χ4n) is 4.60. The summed E-state index contributed by atoms with van der Waals surface area (Å²) in [5.74, 6) is 0.455. The molecule has 0 fully saturated rings. The van der Waals surface area contributed by atoms with Crippen LogP contribution in [0.4, 0.5) is 0 Å². The predicted molar refractivity (Wildman–Crippen MR) is 131 cm³/mol. The Hall–Kier alpha value is -4.07. The van der Waals surface area contributed by atoms with Gasteiger partial charge in [0.15, 0.2) is 0 Å². The van der Waals surface area contributed by atoms with Crippen LogP contribution in [0.1, 0.15) is 49.1 Å². The van der Waals surface area contributed by atoms with E-state index in [0.29, 0.717) is 24.5 Å². The molecule has 2 aromatic heterocycles. The Morgan fingerprint density at radius 3 is 2.56 bits per heavy atom. The second-order valence-electron chi connectivity index (χ2n) is 8.39. The summed E-state index contributed by atoms with van der Waals surface area (Å²) in [5.41, 5.74) is 8.79. The van der Waals surface area contributed by atoms with E-state index in [0.717, 1.165) is 46.4 Å². The average Bonchev–Trinajstić information content (AvgIpc) is 3.51. The van der Waals surface area contributed by atoms with E-state index in [1.165, 1.54) is 6.33 Å². The molecule has 0 saturated heterocycles. The minimum atomic E-state index is -0.118. The van der Waals surface area contributed by atoms with Crippen LogP contribution >= 0.6 is 0 Å². The lowest BCUT2D eigenvalue weighted by Crippen LogP contribution is -2.29. The van der Waals surface area contributed by atoms with E-state index in [2.05, 4.69) is 39.7 Å². The molecular weight excluding hydrogens is 428 g/mol. The van der Waals surface area contributed by atoms with Crippen molar-refractivity contribution in [2.24, 2.45) is 5.10 Å². The van der Waals surface area contributed by atoms with E-state index >= 15 is 0 Å². The molecule has 1 N–H and O–H groups in total. The summed E-state index contributed by atoms with van der Waals surface area (Å²) in [4.78, 5) is 29.7. The number of hydrazone groups is 1. The highest BCUT2D eigenvalue weighted by molar-refractivity contribution is 6.16. The van der Waals surface area contributed by atoms with E-state index in [1.807, 2.05) is 43.3 Å². The van der Waals surface area contributed by atoms with Gasteiger partial charge in [0, 0.05) is 24.1 Å². The van der Waals surface area contributed by atoms with E-state index in [4.69, 9.17) is 0 Å². The van der Waals surface area contributed by atoms with Crippen LogP contribution in [0.3, 0.4) is 0 Å². The third kappa shape index (κ3) is 3.81. The van der Waals surface area contributed by atoms with Crippen LogP contribution in [-0.2, 0) is 24.2 Å². The van der Waals surface area contributed by atoms with Gasteiger partial charge >= 0.3 is 0 Å². The third-order valence-corrected chi connectivity index (χ3v) is 6.19. The minimum absolute atomic E-state index is 0.0322. The van der Waals surface area contributed by atoms with Gasteiger partial charge in [0.25, 0.3) is 5.56 Å². The predicted octanol–water partition coefficient (Wildman–Crippen LogP) is 3.35. The number of aromatic nitrogens is 4. The van der Waals surface area contributed by atoms with Crippen molar-refractivity contribution >= 4 is 17.4 Å². The van der Waals surface area contributed by atoms with Gasteiger partial charge in [-0.05, 0) is 36.1 Å². The molecule has 0 unspecified atom stereocenters. The van der Waals surface area contributed by atoms with Crippen molar-refractivity contribution in [1.29, 1.82) is 0 Å². The highest BCUT2D eigenvalue weighted by Gasteiger charge is 2.22. The SMILES string of the molecule is CCCc1c(Cc2ccc(-c3ccccc3)c(C3=NNC(=O)C3)c2)c(=O)n(CC)c2ncnn12. The second kappa shape index (κ2) is 9.05. The third-order valence-electron chi connectivity index (χ3n) is 6.19. The standard InChI is InChI=1S/C26H26N6O2/c1-3-8-23-21(25(34)31(4-2)26-27-16-28-32(23)26)14-17-11-12-19(18-9-6-5-7-10-18)20(13-17)22-15-24(33)30-29-22/h5-7,9-13,16H,3-4,8,14-15H2,1-2H3,(H,30,33). The van der Waals surface area contributed by atoms with Gasteiger partial charge in [0.05, 0.1) is 17.8 Å². The van der Waals surface area contributed by atoms with Gasteiger partial charge in [-0.25, -0.2) is 9.94 Å². The zero-order valence-corrected chi connectivity index (χ0v) is 19.3. The van der Waals surface area contributed by atoms with Crippen LogP contribution in [0.15, 0.2) is 64.8 Å². The van der Waals surface area contributed by atoms with Crippen LogP contribution < -0.4 is 11.0 Å². The minimum Gasteiger partial charge on any atom is -0.277 e. The number of nitrogens with zero attached hydrogens (tertiary/aromatic N) is 5. The van der Waals surface area contributed by atoms with Crippen LogP contribution in [0, 0.1) is 0 Å². The molecule has 3 heterocycles. The van der Waals surface area contributed by atoms with Crippen LogP contribution in [0.2, 0.25) is 0 Å². The Morgan fingerprint density at radius 1 is 1.03 bits per heavy atom. The van der Waals surface area contributed by atoms with Crippen molar-refractivity contribution < 1.29 is 4.79 Å². The topological polar surface area (TPSA) is 93.6 Å². The maximum Gasteiger partial charge on any atom is 0.258 e. The normalized spacial score (nSPS) is 13.4. The van der Waals surface area contributed by atoms with Crippen molar-refractivity contribution in [2.75, 3.05) is 0 Å². The maximum atomic E-state index is 13.5. The van der Waals surface area contributed by atoms with Crippen molar-refractivity contribution in [3.05, 3.63) is 87.6 Å². The molecule has 34 heavy (non-hydrogen) atoms. The molecule has 2 aromatic carbocycles. The summed E-state index contributed by atoms with van der Waals surface area (Å²) in [5, 5.41) is 8.69. The van der Waals surface area contributed by atoms with Crippen molar-refractivity contribution in [3.8, 4) is 11.1 Å². The highest BCUT2D eigenvalue weighted by Crippen LogP contribution is 2.28. The summed E-state index contributed by atoms with van der Waals surface area (Å²) >= 11 is 0. The number of amides is 1. The zero-order chi connectivity index (χ0) is 23.7. The number of carbonyl (C=O) groups is 1. The summed E-state index contributed by atoms with van der Waals surface area (Å²) < 4.78 is 3.47. The molecule has 5 rings (SSSR count). The lowest BCUT2D eigenvalue weighted by atomic mass is 9.91. The first-order chi connectivity index (χ1) is 16.6. The number of aryl methyl sites for hydroxylation is 2. The fourth-order valence-corrected chi connectivity index (χ4v) is 4.60. The van der Waals surface area contributed by atoms with Crippen molar-refractivity contribution in [3.63, 3.8) is 0 Å². The molecule has 172 valence electrons. The molecule has 0 aliphatic carbocycles. The maximum absolute atomic E-state index is 13.5. The van der Waals surface area contributed by atoms with Crippen LogP contribution in [0.25, 0.3) is 16.9 Å². The molecule has 0 radical (unpaired) electrons. The molecule has 4 aromatic rings. The molecule has 1 aliphatic rings. The first-order valence-electron chi connectivity index (χ1n) is 11.6. The molecule has 8 nitrogen and oxygen atoms in total. The lowest BCUT2D eigenvalue weighted by Gasteiger charge is -2.16. The molecule has 8 heteroatoms. The summed E-state index contributed by atoms with van der Waals surface area (Å²) in [7, 11) is 0. The number of nitrogens with one attached hydrogen (secondary N) is 1. The monoisotopic (exact) mass is 454 g/mol. The first kappa shape index (κ1) is 21.8. The lowest BCUT2D eigenvalue weighted by molar-refractivity contribution is -0.119. The van der Waals surface area contributed by atoms with Gasteiger partial charge in [-0.1, -0.05) is 55.8 Å². The number of hydrogen-bond acceptors (Lipinski definition) is 5. The number of rotatable bonds is 7. The highest BCUT2D eigenvalue weighted by atomic mass is 16.2. The smallest absolute Gasteiger partial charge is 0.258 e. The molecule has 0 bridgehead atoms. The van der Waals surface area contributed by atoms with E-state index in [1.54, 1.807) is 9.08 Å². The van der Waals surface area contributed by atoms with Gasteiger partial charge in [0.1, 0.15) is 6.33 Å². The number of hydrogen-bond donors (Lipinski definition) is 1. The average molecular weight is 455 g/mol. The van der Waals surface area contributed by atoms with Crippen molar-refractivity contribution in [2.45, 2.75) is 46.1 Å². The summed E-state index contributed by atoms with van der Waals surface area (Å²) in [6.45, 7) is 4.55. The molecule has 0 saturated carbocycles. The largest absolute Gasteiger partial charge is 0.277 e. The Labute approximate surface area is 197 Å². The second-order valence-corrected chi connectivity index (χ2v) is 8.39. The van der Waals surface area contributed by atoms with Gasteiger partial charge in [-0.3, -0.25) is 14.2 Å². The molecule has 0 spiro atoms. The Balaban J connectivity index is 1.65. The van der Waals surface area contributed by atoms with Crippen LogP contribution in [-0.4, -0.2) is 30.8 Å². The molecule has 1 amide bonds. The van der Waals surface area contributed by atoms with Crippen molar-refractivity contribution in [1.82, 2.24) is 24.6 Å². The molecular formula is C26H26N6O2. The van der Waals surface area contributed by atoms with Gasteiger partial charge < -0.3 is 0 Å². The van der Waals surface area contributed by atoms with Gasteiger partial charge in [-0.2, -0.15) is 15.2 Å². The first-order valence-corrected chi connectivity index (χ1v) is 11.6. The molecule has 1 aliphatic heterocycles. The van der Waals surface area contributed by atoms with Gasteiger partial charge in [0.2, 0.25) is 11.7 Å². The van der Waals surface area contributed by atoms with E-state index < -0.39 is 0 Å². The van der Waals surface area contributed by atoms with Gasteiger partial charge in [-0.15, -0.1) is 0 Å².